The van der Waals surface area contributed by atoms with Crippen LogP contribution in [0.25, 0.3) is 5.57 Å². The minimum atomic E-state index is 0.333. The smallest absolute Gasteiger partial charge is 0.137 e. The van der Waals surface area contributed by atoms with Gasteiger partial charge in [-0.05, 0) is 73.8 Å². The Balaban J connectivity index is 1.25. The molecule has 0 amide bonds. The van der Waals surface area contributed by atoms with Crippen molar-refractivity contribution in [3.63, 3.8) is 0 Å². The molecule has 0 radical (unpaired) electrons. The number of carbonyl (C=O) groups excluding carboxylic acids is 1. The Hall–Kier alpha value is -2.93. The zero-order valence-electron chi connectivity index (χ0n) is 20.4. The van der Waals surface area contributed by atoms with E-state index in [-0.39, 0.29) is 0 Å². The average molecular weight is 437 g/mol. The third-order valence-corrected chi connectivity index (χ3v) is 7.42. The number of rotatable bonds is 10. The van der Waals surface area contributed by atoms with Gasteiger partial charge in [-0.15, -0.1) is 0 Å². The van der Waals surface area contributed by atoms with Crippen LogP contribution in [0.5, 0.6) is 0 Å². The second-order valence-electron chi connectivity index (χ2n) is 9.54. The van der Waals surface area contributed by atoms with Crippen LogP contribution in [0.2, 0.25) is 0 Å². The van der Waals surface area contributed by atoms with Gasteiger partial charge in [0, 0.05) is 18.8 Å². The van der Waals surface area contributed by atoms with Crippen molar-refractivity contribution in [1.29, 1.82) is 0 Å². The lowest BCUT2D eigenvalue weighted by molar-refractivity contribution is -0.118. The highest BCUT2D eigenvalue weighted by Gasteiger charge is 2.22. The number of Topliss-reactive ketones (excluding diaryl/α,β-unsaturated/α-hetero) is 1. The molecule has 0 fully saturated rings. The summed E-state index contributed by atoms with van der Waals surface area (Å²) in [4.78, 5) is 12.7. The van der Waals surface area contributed by atoms with Crippen LogP contribution in [-0.4, -0.2) is 5.78 Å². The van der Waals surface area contributed by atoms with Gasteiger partial charge in [0.05, 0.1) is 0 Å². The van der Waals surface area contributed by atoms with Crippen LogP contribution < -0.4 is 0 Å². The van der Waals surface area contributed by atoms with E-state index >= 15 is 0 Å². The summed E-state index contributed by atoms with van der Waals surface area (Å²) in [6, 6.07) is 19.3. The van der Waals surface area contributed by atoms with E-state index < -0.39 is 0 Å². The normalized spacial score (nSPS) is 17.8. The predicted octanol–water partition coefficient (Wildman–Crippen LogP) is 8.23. The lowest BCUT2D eigenvalue weighted by Crippen LogP contribution is -2.07. The van der Waals surface area contributed by atoms with E-state index in [0.717, 1.165) is 37.7 Å². The SMILES string of the molecule is CCC1C(CCC(=O)Cc2ccc(CCC3=C(C)C(C)=CC3)cc2)=CC=C1c1ccccc1. The summed E-state index contributed by atoms with van der Waals surface area (Å²) in [7, 11) is 0. The predicted molar refractivity (Wildman–Crippen MR) is 140 cm³/mol. The van der Waals surface area contributed by atoms with E-state index in [1.165, 1.54) is 33.4 Å². The first-order chi connectivity index (χ1) is 16.0. The Labute approximate surface area is 199 Å². The van der Waals surface area contributed by atoms with E-state index in [1.54, 1.807) is 5.57 Å². The number of ketones is 1. The van der Waals surface area contributed by atoms with Crippen LogP contribution in [0.1, 0.15) is 69.6 Å². The fraction of sp³-hybridized carbons (Fsp3) is 0.344. The first kappa shape index (κ1) is 23.2. The molecule has 1 nitrogen and oxygen atoms in total. The second kappa shape index (κ2) is 10.8. The summed E-state index contributed by atoms with van der Waals surface area (Å²) in [5, 5.41) is 0. The number of hydrogen-bond acceptors (Lipinski definition) is 1. The lowest BCUT2D eigenvalue weighted by atomic mass is 9.86. The Morgan fingerprint density at radius 2 is 1.61 bits per heavy atom. The van der Waals surface area contributed by atoms with Gasteiger partial charge < -0.3 is 0 Å². The molecule has 170 valence electrons. The number of carbonyl (C=O) groups is 1. The van der Waals surface area contributed by atoms with Gasteiger partial charge in [-0.25, -0.2) is 0 Å². The van der Waals surface area contributed by atoms with Crippen molar-refractivity contribution in [2.45, 2.75) is 65.7 Å². The van der Waals surface area contributed by atoms with Crippen molar-refractivity contribution in [1.82, 2.24) is 0 Å². The minimum absolute atomic E-state index is 0.333. The lowest BCUT2D eigenvalue weighted by Gasteiger charge is -2.18. The molecule has 0 heterocycles. The molecule has 0 spiro atoms. The largest absolute Gasteiger partial charge is 0.299 e. The third kappa shape index (κ3) is 5.71. The molecule has 2 aliphatic rings. The van der Waals surface area contributed by atoms with Crippen LogP contribution in [0, 0.1) is 5.92 Å². The standard InChI is InChI=1S/C32H36O/c1-4-31-29(19-21-32(31)28-8-6-5-7-9-28)18-20-30(33)22-26-13-11-25(12-14-26)15-17-27-16-10-23(2)24(27)3/h5-14,19,21,31H,4,15-18,20,22H2,1-3H3. The zero-order chi connectivity index (χ0) is 23.2. The Bertz CT molecular complexity index is 1110. The van der Waals surface area contributed by atoms with E-state index in [0.29, 0.717) is 24.5 Å². The van der Waals surface area contributed by atoms with E-state index in [2.05, 4.69) is 93.6 Å². The molecule has 4 rings (SSSR count). The molecule has 2 aromatic carbocycles. The van der Waals surface area contributed by atoms with Crippen LogP contribution in [0.15, 0.2) is 95.1 Å². The van der Waals surface area contributed by atoms with Crippen molar-refractivity contribution in [3.8, 4) is 0 Å². The number of allylic oxidation sites excluding steroid dienone is 8. The Morgan fingerprint density at radius 1 is 0.879 bits per heavy atom. The Kier molecular flexibility index (Phi) is 7.60. The topological polar surface area (TPSA) is 17.1 Å². The second-order valence-corrected chi connectivity index (χ2v) is 9.54. The van der Waals surface area contributed by atoms with Crippen molar-refractivity contribution in [2.24, 2.45) is 5.92 Å². The maximum atomic E-state index is 12.7. The molecule has 1 heteroatoms. The highest BCUT2D eigenvalue weighted by Crippen LogP contribution is 2.38. The first-order valence-electron chi connectivity index (χ1n) is 12.5. The molecule has 0 aliphatic heterocycles. The molecule has 0 bridgehead atoms. The highest BCUT2D eigenvalue weighted by atomic mass is 16.1. The van der Waals surface area contributed by atoms with E-state index in [9.17, 15) is 4.79 Å². The fourth-order valence-electron chi connectivity index (χ4n) is 5.17. The molecule has 2 aromatic rings. The van der Waals surface area contributed by atoms with Crippen molar-refractivity contribution in [3.05, 3.63) is 112 Å². The summed E-state index contributed by atoms with van der Waals surface area (Å²) in [5.41, 5.74) is 11.1. The molecular weight excluding hydrogens is 400 g/mol. The van der Waals surface area contributed by atoms with Gasteiger partial charge in [-0.1, -0.05) is 96.5 Å². The maximum absolute atomic E-state index is 12.7. The summed E-state index contributed by atoms with van der Waals surface area (Å²) < 4.78 is 0. The maximum Gasteiger partial charge on any atom is 0.137 e. The van der Waals surface area contributed by atoms with Crippen LogP contribution in [0.3, 0.4) is 0 Å². The summed E-state index contributed by atoms with van der Waals surface area (Å²) in [6.45, 7) is 6.69. The molecular formula is C32H36O. The monoisotopic (exact) mass is 436 g/mol. The minimum Gasteiger partial charge on any atom is -0.299 e. The molecule has 0 aromatic heterocycles. The van der Waals surface area contributed by atoms with Gasteiger partial charge in [0.2, 0.25) is 0 Å². The number of benzene rings is 2. The van der Waals surface area contributed by atoms with Crippen LogP contribution in [-0.2, 0) is 17.6 Å². The number of aryl methyl sites for hydroxylation is 1. The average Bonchev–Trinajstić information content (AvgIpc) is 3.40. The van der Waals surface area contributed by atoms with Crippen molar-refractivity contribution >= 4 is 11.4 Å². The molecule has 0 saturated carbocycles. The zero-order valence-corrected chi connectivity index (χ0v) is 20.4. The van der Waals surface area contributed by atoms with Crippen LogP contribution >= 0.6 is 0 Å². The molecule has 1 atom stereocenters. The van der Waals surface area contributed by atoms with Gasteiger partial charge in [0.25, 0.3) is 0 Å². The Morgan fingerprint density at radius 3 is 2.27 bits per heavy atom. The van der Waals surface area contributed by atoms with Gasteiger partial charge in [-0.2, -0.15) is 0 Å². The number of hydrogen-bond donors (Lipinski definition) is 0. The van der Waals surface area contributed by atoms with Gasteiger partial charge in [0.1, 0.15) is 5.78 Å². The van der Waals surface area contributed by atoms with E-state index in [4.69, 9.17) is 0 Å². The third-order valence-electron chi connectivity index (χ3n) is 7.42. The van der Waals surface area contributed by atoms with Crippen LogP contribution in [0.4, 0.5) is 0 Å². The van der Waals surface area contributed by atoms with E-state index in [1.807, 2.05) is 0 Å². The summed E-state index contributed by atoms with van der Waals surface area (Å²) in [6.07, 6.45) is 13.3. The summed E-state index contributed by atoms with van der Waals surface area (Å²) in [5.74, 6) is 0.775. The van der Waals surface area contributed by atoms with Gasteiger partial charge in [-0.3, -0.25) is 4.79 Å². The molecule has 2 aliphatic carbocycles. The molecule has 33 heavy (non-hydrogen) atoms. The molecule has 1 unspecified atom stereocenters. The van der Waals surface area contributed by atoms with Gasteiger partial charge in [0.15, 0.2) is 0 Å². The van der Waals surface area contributed by atoms with Gasteiger partial charge >= 0.3 is 0 Å². The fourth-order valence-corrected chi connectivity index (χ4v) is 5.17. The molecule has 0 N–H and O–H groups in total. The van der Waals surface area contributed by atoms with Crippen molar-refractivity contribution < 1.29 is 4.79 Å². The van der Waals surface area contributed by atoms with Crippen molar-refractivity contribution in [2.75, 3.05) is 0 Å². The molecule has 0 saturated heterocycles. The summed E-state index contributed by atoms with van der Waals surface area (Å²) >= 11 is 0. The highest BCUT2D eigenvalue weighted by molar-refractivity contribution is 5.81. The first-order valence-corrected chi connectivity index (χ1v) is 12.5. The quantitative estimate of drug-likeness (QED) is 0.366.